The maximum atomic E-state index is 5.56. The minimum Gasteiger partial charge on any atom is -0.391 e. The molecular formula is C6H15N3. The number of nitrogens with zero attached hydrogens (tertiary/aromatic N) is 1. The van der Waals surface area contributed by atoms with Gasteiger partial charge in [-0.05, 0) is 6.92 Å². The smallest absolute Gasteiger partial charge is 0.115 e. The van der Waals surface area contributed by atoms with Crippen molar-refractivity contribution in [3.63, 3.8) is 0 Å². The summed E-state index contributed by atoms with van der Waals surface area (Å²) in [7, 11) is 3.78. The van der Waals surface area contributed by atoms with Gasteiger partial charge in [0, 0.05) is 26.8 Å². The van der Waals surface area contributed by atoms with E-state index < -0.39 is 0 Å². The van der Waals surface area contributed by atoms with E-state index in [9.17, 15) is 0 Å². The lowest BCUT2D eigenvalue weighted by molar-refractivity contribution is 0.433. The maximum Gasteiger partial charge on any atom is 0.115 e. The molecule has 9 heavy (non-hydrogen) atoms. The molecule has 3 nitrogen and oxygen atoms in total. The molecule has 0 spiro atoms. The second-order valence-corrected chi connectivity index (χ2v) is 1.87. The van der Waals surface area contributed by atoms with Crippen LogP contribution >= 0.6 is 0 Å². The molecule has 0 fully saturated rings. The highest BCUT2D eigenvalue weighted by Gasteiger charge is 1.91. The monoisotopic (exact) mass is 129 g/mol. The van der Waals surface area contributed by atoms with Gasteiger partial charge in [0.15, 0.2) is 0 Å². The molecular weight excluding hydrogens is 114 g/mol. The summed E-state index contributed by atoms with van der Waals surface area (Å²) >= 11 is 0. The Morgan fingerprint density at radius 1 is 1.78 bits per heavy atom. The molecule has 0 aliphatic heterocycles. The van der Waals surface area contributed by atoms with E-state index in [1.165, 1.54) is 0 Å². The summed E-state index contributed by atoms with van der Waals surface area (Å²) in [5.74, 6) is 0.764. The fourth-order valence-electron chi connectivity index (χ4n) is 0.441. The van der Waals surface area contributed by atoms with E-state index >= 15 is 0 Å². The highest BCUT2D eigenvalue weighted by molar-refractivity contribution is 4.91. The van der Waals surface area contributed by atoms with Crippen LogP contribution in [0.1, 0.15) is 6.92 Å². The normalized spacial score (nSPS) is 11.2. The van der Waals surface area contributed by atoms with E-state index in [4.69, 9.17) is 5.73 Å². The van der Waals surface area contributed by atoms with Crippen LogP contribution in [0, 0.1) is 0 Å². The summed E-state index contributed by atoms with van der Waals surface area (Å²) in [4.78, 5) is 1.95. The zero-order valence-corrected chi connectivity index (χ0v) is 6.31. The summed E-state index contributed by atoms with van der Waals surface area (Å²) in [5, 5.41) is 2.85. The quantitative estimate of drug-likeness (QED) is 0.560. The summed E-state index contributed by atoms with van der Waals surface area (Å²) in [6.45, 7) is 2.99. The van der Waals surface area contributed by atoms with Crippen LogP contribution in [0.5, 0.6) is 0 Å². The second-order valence-electron chi connectivity index (χ2n) is 1.87. The summed E-state index contributed by atoms with van der Waals surface area (Å²) in [6.07, 6.45) is 1.77. The summed E-state index contributed by atoms with van der Waals surface area (Å²) in [5.41, 5.74) is 5.56. The Kier molecular flexibility index (Phi) is 3.67. The van der Waals surface area contributed by atoms with Crippen molar-refractivity contribution in [2.45, 2.75) is 6.92 Å². The van der Waals surface area contributed by atoms with Gasteiger partial charge in [0.2, 0.25) is 0 Å². The Balaban J connectivity index is 3.70. The lowest BCUT2D eigenvalue weighted by Gasteiger charge is -2.15. The topological polar surface area (TPSA) is 41.3 Å². The largest absolute Gasteiger partial charge is 0.391 e. The number of nitrogens with two attached hydrogens (primary N) is 1. The first-order chi connectivity index (χ1) is 4.22. The zero-order chi connectivity index (χ0) is 7.28. The minimum atomic E-state index is 0.764. The standard InChI is InChI=1S/C6H15N3/c1-4-9(3)6(7)5-8-2/h5,8H,4,7H2,1-3H3/b6-5-. The Labute approximate surface area is 56.5 Å². The molecule has 0 aromatic carbocycles. The maximum absolute atomic E-state index is 5.56. The lowest BCUT2D eigenvalue weighted by Crippen LogP contribution is -2.24. The molecule has 0 atom stereocenters. The van der Waals surface area contributed by atoms with Crippen molar-refractivity contribution in [3.05, 3.63) is 12.0 Å². The van der Waals surface area contributed by atoms with E-state index in [0.29, 0.717) is 0 Å². The molecule has 0 radical (unpaired) electrons. The molecule has 0 aliphatic carbocycles. The van der Waals surface area contributed by atoms with Gasteiger partial charge in [0.25, 0.3) is 0 Å². The van der Waals surface area contributed by atoms with E-state index in [2.05, 4.69) is 12.2 Å². The molecule has 0 heterocycles. The first-order valence-corrected chi connectivity index (χ1v) is 3.06. The molecule has 0 unspecified atom stereocenters. The Bertz CT molecular complexity index is 98.5. The van der Waals surface area contributed by atoms with Crippen molar-refractivity contribution in [3.8, 4) is 0 Å². The van der Waals surface area contributed by atoms with Crippen LogP contribution in [0.4, 0.5) is 0 Å². The molecule has 0 bridgehead atoms. The second kappa shape index (κ2) is 4.06. The van der Waals surface area contributed by atoms with E-state index in [1.54, 1.807) is 6.20 Å². The molecule has 0 aliphatic rings. The van der Waals surface area contributed by atoms with Crippen LogP contribution in [0.25, 0.3) is 0 Å². The molecule has 0 saturated carbocycles. The Morgan fingerprint density at radius 2 is 2.33 bits per heavy atom. The fourth-order valence-corrected chi connectivity index (χ4v) is 0.441. The van der Waals surface area contributed by atoms with E-state index in [-0.39, 0.29) is 0 Å². The van der Waals surface area contributed by atoms with Gasteiger partial charge in [0.1, 0.15) is 5.82 Å². The zero-order valence-electron chi connectivity index (χ0n) is 6.31. The first-order valence-electron chi connectivity index (χ1n) is 3.06. The van der Waals surface area contributed by atoms with Gasteiger partial charge in [-0.3, -0.25) is 0 Å². The summed E-state index contributed by atoms with van der Waals surface area (Å²) in [6, 6.07) is 0. The predicted octanol–water partition coefficient (Wildman–Crippen LogP) is -0.0849. The average molecular weight is 129 g/mol. The van der Waals surface area contributed by atoms with Crippen molar-refractivity contribution >= 4 is 0 Å². The van der Waals surface area contributed by atoms with Crippen LogP contribution in [0.3, 0.4) is 0 Å². The molecule has 0 rings (SSSR count). The molecule has 0 amide bonds. The third kappa shape index (κ3) is 2.85. The highest BCUT2D eigenvalue weighted by Crippen LogP contribution is 1.87. The number of rotatable bonds is 3. The van der Waals surface area contributed by atoms with Crippen LogP contribution in [-0.4, -0.2) is 25.5 Å². The number of hydrogen-bond donors (Lipinski definition) is 2. The van der Waals surface area contributed by atoms with Gasteiger partial charge in [-0.2, -0.15) is 0 Å². The Morgan fingerprint density at radius 3 is 2.67 bits per heavy atom. The van der Waals surface area contributed by atoms with Crippen LogP contribution < -0.4 is 11.1 Å². The van der Waals surface area contributed by atoms with E-state index in [0.717, 1.165) is 12.4 Å². The fraction of sp³-hybridized carbons (Fsp3) is 0.667. The van der Waals surface area contributed by atoms with E-state index in [1.807, 2.05) is 19.0 Å². The molecule has 3 N–H and O–H groups in total. The van der Waals surface area contributed by atoms with Crippen molar-refractivity contribution in [1.29, 1.82) is 0 Å². The van der Waals surface area contributed by atoms with Crippen molar-refractivity contribution in [2.75, 3.05) is 20.6 Å². The predicted molar refractivity (Wildman–Crippen MR) is 39.6 cm³/mol. The number of hydrogen-bond acceptors (Lipinski definition) is 3. The number of nitrogens with one attached hydrogen (secondary N) is 1. The lowest BCUT2D eigenvalue weighted by atomic mass is 10.6. The third-order valence-corrected chi connectivity index (χ3v) is 1.21. The van der Waals surface area contributed by atoms with Gasteiger partial charge in [-0.25, -0.2) is 0 Å². The minimum absolute atomic E-state index is 0.764. The van der Waals surface area contributed by atoms with Gasteiger partial charge in [-0.1, -0.05) is 0 Å². The average Bonchev–Trinajstić information content (AvgIpc) is 1.87. The Hall–Kier alpha value is -0.860. The first kappa shape index (κ1) is 8.14. The van der Waals surface area contributed by atoms with Gasteiger partial charge < -0.3 is 16.0 Å². The highest BCUT2D eigenvalue weighted by atomic mass is 15.2. The van der Waals surface area contributed by atoms with Gasteiger partial charge in [0.05, 0.1) is 0 Å². The third-order valence-electron chi connectivity index (χ3n) is 1.21. The van der Waals surface area contributed by atoms with Crippen molar-refractivity contribution in [1.82, 2.24) is 10.2 Å². The summed E-state index contributed by atoms with van der Waals surface area (Å²) < 4.78 is 0. The molecule has 54 valence electrons. The van der Waals surface area contributed by atoms with Crippen LogP contribution in [-0.2, 0) is 0 Å². The molecule has 0 saturated heterocycles. The molecule has 0 aromatic rings. The SMILES string of the molecule is CCN(C)/C(N)=C\NC. The van der Waals surface area contributed by atoms with Crippen LogP contribution in [0.2, 0.25) is 0 Å². The van der Waals surface area contributed by atoms with Gasteiger partial charge in [-0.15, -0.1) is 0 Å². The van der Waals surface area contributed by atoms with Crippen molar-refractivity contribution in [2.24, 2.45) is 5.73 Å². The van der Waals surface area contributed by atoms with Crippen molar-refractivity contribution < 1.29 is 0 Å². The molecule has 3 heteroatoms. The molecule has 0 aromatic heterocycles. The van der Waals surface area contributed by atoms with Crippen LogP contribution in [0.15, 0.2) is 12.0 Å². The van der Waals surface area contributed by atoms with Gasteiger partial charge >= 0.3 is 0 Å².